The molecule has 0 spiro atoms. The number of nitro groups is 1. The van der Waals surface area contributed by atoms with E-state index in [9.17, 15) is 14.9 Å². The number of rotatable bonds is 6. The third-order valence-corrected chi connectivity index (χ3v) is 3.00. The van der Waals surface area contributed by atoms with Crippen LogP contribution in [0.3, 0.4) is 0 Å². The fourth-order valence-corrected chi connectivity index (χ4v) is 1.99. The fraction of sp³-hybridized carbons (Fsp3) is 0.462. The molecule has 1 amide bonds. The van der Waals surface area contributed by atoms with E-state index in [-0.39, 0.29) is 28.9 Å². The molecule has 0 saturated carbocycles. The number of benzene rings is 1. The lowest BCUT2D eigenvalue weighted by atomic mass is 10.1. The summed E-state index contributed by atoms with van der Waals surface area (Å²) in [5.41, 5.74) is 0.170. The molecule has 7 heteroatoms. The number of nitro benzene ring substituents is 1. The first-order valence-corrected chi connectivity index (χ1v) is 6.65. The smallest absolute Gasteiger partial charge is 0.273 e. The molecule has 0 heterocycles. The second kappa shape index (κ2) is 7.09. The molecule has 0 fully saturated rings. The van der Waals surface area contributed by atoms with E-state index in [0.717, 1.165) is 0 Å². The lowest BCUT2D eigenvalue weighted by molar-refractivity contribution is -0.384. The molecule has 0 saturated heterocycles. The van der Waals surface area contributed by atoms with E-state index in [4.69, 9.17) is 16.3 Å². The molecule has 0 bridgehead atoms. The minimum Gasteiger partial charge on any atom is -0.496 e. The van der Waals surface area contributed by atoms with Gasteiger partial charge in [-0.25, -0.2) is 0 Å². The Bertz CT molecular complexity index is 505. The van der Waals surface area contributed by atoms with Gasteiger partial charge in [-0.05, 0) is 19.9 Å². The molecule has 0 aromatic heterocycles. The minimum atomic E-state index is -0.532. The van der Waals surface area contributed by atoms with Crippen molar-refractivity contribution in [3.8, 4) is 5.75 Å². The van der Waals surface area contributed by atoms with Gasteiger partial charge in [0.05, 0.1) is 23.7 Å². The van der Waals surface area contributed by atoms with Gasteiger partial charge in [0.25, 0.3) is 11.6 Å². The molecule has 0 atom stereocenters. The third kappa shape index (κ3) is 3.60. The highest BCUT2D eigenvalue weighted by Gasteiger charge is 2.23. The Labute approximate surface area is 122 Å². The molecule has 1 aromatic carbocycles. The summed E-state index contributed by atoms with van der Waals surface area (Å²) in [6.07, 6.45) is 0. The Hall–Kier alpha value is -1.82. The van der Waals surface area contributed by atoms with Crippen molar-refractivity contribution in [3.05, 3.63) is 33.9 Å². The maximum absolute atomic E-state index is 12.5. The zero-order valence-corrected chi connectivity index (χ0v) is 12.4. The van der Waals surface area contributed by atoms with Gasteiger partial charge in [-0.1, -0.05) is 0 Å². The number of alkyl halides is 1. The van der Waals surface area contributed by atoms with Crippen LogP contribution in [0.15, 0.2) is 18.2 Å². The molecule has 0 aliphatic carbocycles. The Morgan fingerprint density at radius 2 is 2.15 bits per heavy atom. The van der Waals surface area contributed by atoms with Crippen LogP contribution in [0.5, 0.6) is 5.75 Å². The van der Waals surface area contributed by atoms with Crippen LogP contribution in [0.25, 0.3) is 0 Å². The summed E-state index contributed by atoms with van der Waals surface area (Å²) in [6.45, 7) is 4.16. The molecule has 6 nitrogen and oxygen atoms in total. The van der Waals surface area contributed by atoms with Gasteiger partial charge in [0.2, 0.25) is 0 Å². The van der Waals surface area contributed by atoms with Crippen molar-refractivity contribution in [2.24, 2.45) is 0 Å². The first kappa shape index (κ1) is 16.2. The van der Waals surface area contributed by atoms with E-state index < -0.39 is 4.92 Å². The van der Waals surface area contributed by atoms with Crippen molar-refractivity contribution >= 4 is 23.2 Å². The van der Waals surface area contributed by atoms with Gasteiger partial charge in [0, 0.05) is 24.5 Å². The Morgan fingerprint density at radius 1 is 1.50 bits per heavy atom. The lowest BCUT2D eigenvalue weighted by Crippen LogP contribution is -2.38. The second-order valence-corrected chi connectivity index (χ2v) is 4.80. The summed E-state index contributed by atoms with van der Waals surface area (Å²) in [7, 11) is 1.37. The summed E-state index contributed by atoms with van der Waals surface area (Å²) in [4.78, 5) is 24.2. The zero-order chi connectivity index (χ0) is 15.3. The van der Waals surface area contributed by atoms with Gasteiger partial charge >= 0.3 is 0 Å². The highest BCUT2D eigenvalue weighted by Crippen LogP contribution is 2.26. The van der Waals surface area contributed by atoms with E-state index in [1.165, 1.54) is 25.3 Å². The Kier molecular flexibility index (Phi) is 5.76. The minimum absolute atomic E-state index is 0.0267. The zero-order valence-electron chi connectivity index (χ0n) is 11.6. The highest BCUT2D eigenvalue weighted by molar-refractivity contribution is 6.18. The van der Waals surface area contributed by atoms with Gasteiger partial charge in [-0.15, -0.1) is 11.6 Å². The number of nitrogens with zero attached hydrogens (tertiary/aromatic N) is 2. The van der Waals surface area contributed by atoms with Crippen LogP contribution in [0.2, 0.25) is 0 Å². The average molecular weight is 301 g/mol. The molecule has 0 unspecified atom stereocenters. The SMILES string of the molecule is COc1cc([N+](=O)[O-])ccc1C(=O)N(CCCl)C(C)C. The first-order valence-electron chi connectivity index (χ1n) is 6.11. The highest BCUT2D eigenvalue weighted by atomic mass is 35.5. The number of carbonyl (C=O) groups is 1. The van der Waals surface area contributed by atoms with Crippen molar-refractivity contribution in [1.29, 1.82) is 0 Å². The number of amides is 1. The van der Waals surface area contributed by atoms with Crippen molar-refractivity contribution in [3.63, 3.8) is 0 Å². The average Bonchev–Trinajstić information content (AvgIpc) is 2.42. The van der Waals surface area contributed by atoms with Gasteiger partial charge in [0.15, 0.2) is 0 Å². The molecule has 0 N–H and O–H groups in total. The van der Waals surface area contributed by atoms with Crippen molar-refractivity contribution in [2.45, 2.75) is 19.9 Å². The predicted molar refractivity (Wildman–Crippen MR) is 76.5 cm³/mol. The van der Waals surface area contributed by atoms with E-state index in [1.54, 1.807) is 4.90 Å². The van der Waals surface area contributed by atoms with Crippen molar-refractivity contribution < 1.29 is 14.5 Å². The van der Waals surface area contributed by atoms with Crippen LogP contribution in [-0.4, -0.2) is 41.3 Å². The van der Waals surface area contributed by atoms with Gasteiger partial charge in [-0.2, -0.15) is 0 Å². The largest absolute Gasteiger partial charge is 0.496 e. The number of carbonyl (C=O) groups excluding carboxylic acids is 1. The topological polar surface area (TPSA) is 72.7 Å². The quantitative estimate of drug-likeness (QED) is 0.460. The molecule has 1 aromatic rings. The van der Waals surface area contributed by atoms with Crippen LogP contribution in [-0.2, 0) is 0 Å². The molecule has 1 rings (SSSR count). The summed E-state index contributed by atoms with van der Waals surface area (Å²) < 4.78 is 5.08. The van der Waals surface area contributed by atoms with Gasteiger partial charge < -0.3 is 9.64 Å². The summed E-state index contributed by atoms with van der Waals surface area (Å²) in [5, 5.41) is 10.7. The number of halogens is 1. The number of methoxy groups -OCH3 is 1. The Morgan fingerprint density at radius 3 is 2.60 bits per heavy atom. The summed E-state index contributed by atoms with van der Waals surface area (Å²) in [6, 6.07) is 3.91. The third-order valence-electron chi connectivity index (χ3n) is 2.84. The normalized spacial score (nSPS) is 10.4. The Balaban J connectivity index is 3.17. The van der Waals surface area contributed by atoms with Crippen LogP contribution < -0.4 is 4.74 Å². The van der Waals surface area contributed by atoms with E-state index in [2.05, 4.69) is 0 Å². The first-order chi connectivity index (χ1) is 9.42. The maximum atomic E-state index is 12.5. The lowest BCUT2D eigenvalue weighted by Gasteiger charge is -2.26. The number of non-ortho nitro benzene ring substituents is 1. The van der Waals surface area contributed by atoms with E-state index in [0.29, 0.717) is 12.4 Å². The van der Waals surface area contributed by atoms with Gasteiger partial charge in [0.1, 0.15) is 5.75 Å². The van der Waals surface area contributed by atoms with Crippen molar-refractivity contribution in [1.82, 2.24) is 4.90 Å². The van der Waals surface area contributed by atoms with Crippen LogP contribution in [0.1, 0.15) is 24.2 Å². The monoisotopic (exact) mass is 300 g/mol. The standard InChI is InChI=1S/C13H17ClN2O4/c1-9(2)15(7-6-14)13(17)11-5-4-10(16(18)19)8-12(11)20-3/h4-5,8-9H,6-7H2,1-3H3. The van der Waals surface area contributed by atoms with E-state index >= 15 is 0 Å². The van der Waals surface area contributed by atoms with Crippen LogP contribution in [0, 0.1) is 10.1 Å². The molecular formula is C13H17ClN2O4. The summed E-state index contributed by atoms with van der Waals surface area (Å²) >= 11 is 5.70. The number of ether oxygens (including phenoxy) is 1. The maximum Gasteiger partial charge on any atom is 0.273 e. The molecular weight excluding hydrogens is 284 g/mol. The summed E-state index contributed by atoms with van der Waals surface area (Å²) in [5.74, 6) is 0.246. The van der Waals surface area contributed by atoms with Crippen molar-refractivity contribution in [2.75, 3.05) is 19.5 Å². The molecule has 110 valence electrons. The molecule has 0 radical (unpaired) electrons. The number of hydrogen-bond donors (Lipinski definition) is 0. The number of hydrogen-bond acceptors (Lipinski definition) is 4. The van der Waals surface area contributed by atoms with Gasteiger partial charge in [-0.3, -0.25) is 14.9 Å². The molecule has 20 heavy (non-hydrogen) atoms. The molecule has 0 aliphatic rings. The van der Waals surface area contributed by atoms with Crippen LogP contribution in [0.4, 0.5) is 5.69 Å². The molecule has 0 aliphatic heterocycles. The van der Waals surface area contributed by atoms with Crippen LogP contribution >= 0.6 is 11.6 Å². The fourth-order valence-electron chi connectivity index (χ4n) is 1.81. The van der Waals surface area contributed by atoms with E-state index in [1.807, 2.05) is 13.8 Å². The predicted octanol–water partition coefficient (Wildman–Crippen LogP) is 2.69. The second-order valence-electron chi connectivity index (χ2n) is 4.42.